The molecule has 0 radical (unpaired) electrons. The standard InChI is InChI=1S/C17H19N3O4S/c1-10(21)12-4-3-5-13(8-12)20-16(23)11(2)24-15(22)7-6-14-9-19-17(18)25-14/h3-5,8-9,11H,6-7H2,1-2H3,(H2,18,19)(H,20,23). The van der Waals surface area contributed by atoms with E-state index in [2.05, 4.69) is 10.3 Å². The van der Waals surface area contributed by atoms with Gasteiger partial charge in [-0.3, -0.25) is 14.4 Å². The van der Waals surface area contributed by atoms with Gasteiger partial charge in [0.15, 0.2) is 17.0 Å². The average Bonchev–Trinajstić information content (AvgIpc) is 2.98. The number of benzene rings is 1. The number of anilines is 2. The number of Topliss-reactive ketones (excluding diaryl/α,β-unsaturated/α-hetero) is 1. The minimum absolute atomic E-state index is 0.0979. The third-order valence-electron chi connectivity index (χ3n) is 3.36. The van der Waals surface area contributed by atoms with Crippen molar-refractivity contribution < 1.29 is 19.1 Å². The number of hydrogen-bond acceptors (Lipinski definition) is 7. The second-order valence-corrected chi connectivity index (χ2v) is 6.57. The Hall–Kier alpha value is -2.74. The van der Waals surface area contributed by atoms with Gasteiger partial charge in [0.25, 0.3) is 5.91 Å². The molecule has 1 heterocycles. The maximum absolute atomic E-state index is 12.1. The van der Waals surface area contributed by atoms with Crippen molar-refractivity contribution in [2.45, 2.75) is 32.8 Å². The first-order valence-electron chi connectivity index (χ1n) is 7.66. The molecule has 1 aromatic heterocycles. The molecule has 0 aliphatic carbocycles. The topological polar surface area (TPSA) is 111 Å². The maximum atomic E-state index is 12.1. The number of nitrogens with one attached hydrogen (secondary N) is 1. The van der Waals surface area contributed by atoms with Crippen molar-refractivity contribution in [3.63, 3.8) is 0 Å². The third kappa shape index (κ3) is 5.68. The minimum atomic E-state index is -0.944. The van der Waals surface area contributed by atoms with Gasteiger partial charge >= 0.3 is 5.97 Å². The molecule has 0 aliphatic heterocycles. The zero-order valence-corrected chi connectivity index (χ0v) is 14.8. The number of rotatable bonds is 7. The summed E-state index contributed by atoms with van der Waals surface area (Å²) in [6, 6.07) is 6.56. The predicted octanol–water partition coefficient (Wildman–Crippen LogP) is 2.43. The number of hydrogen-bond donors (Lipinski definition) is 2. The number of amides is 1. The number of carbonyl (C=O) groups excluding carboxylic acids is 3. The highest BCUT2D eigenvalue weighted by molar-refractivity contribution is 7.15. The normalized spacial score (nSPS) is 11.6. The minimum Gasteiger partial charge on any atom is -0.453 e. The molecule has 0 aliphatic rings. The summed E-state index contributed by atoms with van der Waals surface area (Å²) >= 11 is 1.31. The highest BCUT2D eigenvalue weighted by Crippen LogP contribution is 2.16. The van der Waals surface area contributed by atoms with E-state index in [9.17, 15) is 14.4 Å². The molecule has 7 nitrogen and oxygen atoms in total. The Balaban J connectivity index is 1.84. The third-order valence-corrected chi connectivity index (χ3v) is 4.25. The quantitative estimate of drug-likeness (QED) is 0.579. The Kier molecular flexibility index (Phi) is 6.24. The fourth-order valence-corrected chi connectivity index (χ4v) is 2.72. The molecule has 1 unspecified atom stereocenters. The molecule has 0 saturated heterocycles. The first-order valence-corrected chi connectivity index (χ1v) is 8.48. The summed E-state index contributed by atoms with van der Waals surface area (Å²) in [5.74, 6) is -1.04. The summed E-state index contributed by atoms with van der Waals surface area (Å²) in [5, 5.41) is 3.07. The maximum Gasteiger partial charge on any atom is 0.306 e. The van der Waals surface area contributed by atoms with Crippen molar-refractivity contribution in [2.24, 2.45) is 0 Å². The number of ether oxygens (including phenoxy) is 1. The fourth-order valence-electron chi connectivity index (χ4n) is 2.03. The van der Waals surface area contributed by atoms with E-state index in [0.29, 0.717) is 22.8 Å². The van der Waals surface area contributed by atoms with Gasteiger partial charge in [-0.25, -0.2) is 4.98 Å². The molecule has 0 saturated carbocycles. The molecule has 1 aromatic carbocycles. The van der Waals surface area contributed by atoms with Gasteiger partial charge in [0.2, 0.25) is 0 Å². The summed E-state index contributed by atoms with van der Waals surface area (Å²) in [7, 11) is 0. The van der Waals surface area contributed by atoms with Gasteiger partial charge in [-0.15, -0.1) is 11.3 Å². The van der Waals surface area contributed by atoms with Crippen LogP contribution in [0.1, 0.15) is 35.5 Å². The number of thiazole rings is 1. The van der Waals surface area contributed by atoms with Crippen LogP contribution in [0.4, 0.5) is 10.8 Å². The van der Waals surface area contributed by atoms with E-state index in [1.54, 1.807) is 30.5 Å². The lowest BCUT2D eigenvalue weighted by atomic mass is 10.1. The van der Waals surface area contributed by atoms with Crippen LogP contribution in [-0.2, 0) is 20.7 Å². The molecule has 0 fully saturated rings. The lowest BCUT2D eigenvalue weighted by molar-refractivity contribution is -0.153. The van der Waals surface area contributed by atoms with E-state index in [-0.39, 0.29) is 12.2 Å². The largest absolute Gasteiger partial charge is 0.453 e. The van der Waals surface area contributed by atoms with Crippen LogP contribution >= 0.6 is 11.3 Å². The van der Waals surface area contributed by atoms with E-state index < -0.39 is 18.0 Å². The van der Waals surface area contributed by atoms with Gasteiger partial charge in [0.1, 0.15) is 0 Å². The van der Waals surface area contributed by atoms with Crippen molar-refractivity contribution in [2.75, 3.05) is 11.1 Å². The van der Waals surface area contributed by atoms with Crippen molar-refractivity contribution in [1.29, 1.82) is 0 Å². The Labute approximate surface area is 149 Å². The molecule has 2 aromatic rings. The molecule has 3 N–H and O–H groups in total. The van der Waals surface area contributed by atoms with E-state index in [1.165, 1.54) is 25.2 Å². The lowest BCUT2D eigenvalue weighted by Crippen LogP contribution is -2.30. The number of nitrogens with zero attached hydrogens (tertiary/aromatic N) is 1. The smallest absolute Gasteiger partial charge is 0.306 e. The van der Waals surface area contributed by atoms with Crippen LogP contribution in [0.2, 0.25) is 0 Å². The van der Waals surface area contributed by atoms with Crippen LogP contribution in [0, 0.1) is 0 Å². The number of aromatic nitrogens is 1. The van der Waals surface area contributed by atoms with Gasteiger partial charge in [-0.2, -0.15) is 0 Å². The number of esters is 1. The fraction of sp³-hybridized carbons (Fsp3) is 0.294. The molecule has 25 heavy (non-hydrogen) atoms. The van der Waals surface area contributed by atoms with Crippen LogP contribution in [-0.4, -0.2) is 28.7 Å². The van der Waals surface area contributed by atoms with Gasteiger partial charge in [-0.05, 0) is 32.4 Å². The van der Waals surface area contributed by atoms with Gasteiger partial charge in [-0.1, -0.05) is 12.1 Å². The Morgan fingerprint density at radius 2 is 2.12 bits per heavy atom. The van der Waals surface area contributed by atoms with Crippen molar-refractivity contribution in [1.82, 2.24) is 4.98 Å². The molecule has 2 rings (SSSR count). The van der Waals surface area contributed by atoms with E-state index in [1.807, 2.05) is 0 Å². The summed E-state index contributed by atoms with van der Waals surface area (Å²) < 4.78 is 5.13. The predicted molar refractivity (Wildman–Crippen MR) is 95.5 cm³/mol. The SMILES string of the molecule is CC(=O)c1cccc(NC(=O)C(C)OC(=O)CCc2cnc(N)s2)c1. The monoisotopic (exact) mass is 361 g/mol. The number of nitrogens with two attached hydrogens (primary N) is 1. The molecule has 1 atom stereocenters. The van der Waals surface area contributed by atoms with Crippen molar-refractivity contribution >= 4 is 39.8 Å². The van der Waals surface area contributed by atoms with Crippen LogP contribution in [0.15, 0.2) is 30.5 Å². The zero-order valence-electron chi connectivity index (χ0n) is 13.9. The van der Waals surface area contributed by atoms with E-state index in [4.69, 9.17) is 10.5 Å². The highest BCUT2D eigenvalue weighted by Gasteiger charge is 2.18. The van der Waals surface area contributed by atoms with E-state index in [0.717, 1.165) is 4.88 Å². The van der Waals surface area contributed by atoms with Crippen molar-refractivity contribution in [3.05, 3.63) is 40.9 Å². The first kappa shape index (κ1) is 18.6. The van der Waals surface area contributed by atoms with Gasteiger partial charge in [0, 0.05) is 22.3 Å². The van der Waals surface area contributed by atoms with E-state index >= 15 is 0 Å². The molecule has 0 spiro atoms. The van der Waals surface area contributed by atoms with Gasteiger partial charge < -0.3 is 15.8 Å². The van der Waals surface area contributed by atoms with Crippen LogP contribution < -0.4 is 11.1 Å². The molecule has 8 heteroatoms. The molecule has 132 valence electrons. The van der Waals surface area contributed by atoms with Crippen molar-refractivity contribution in [3.8, 4) is 0 Å². The number of ketones is 1. The molecular weight excluding hydrogens is 342 g/mol. The molecular formula is C17H19N3O4S. The number of nitrogen functional groups attached to an aromatic ring is 1. The summed E-state index contributed by atoms with van der Waals surface area (Å²) in [6.07, 6.45) is 1.27. The summed E-state index contributed by atoms with van der Waals surface area (Å²) in [4.78, 5) is 40.1. The highest BCUT2D eigenvalue weighted by atomic mass is 32.1. The number of carbonyl (C=O) groups is 3. The lowest BCUT2D eigenvalue weighted by Gasteiger charge is -2.13. The van der Waals surface area contributed by atoms with Crippen LogP contribution in [0.25, 0.3) is 0 Å². The van der Waals surface area contributed by atoms with Gasteiger partial charge in [0.05, 0.1) is 6.42 Å². The molecule has 1 amide bonds. The second kappa shape index (κ2) is 8.39. The first-order chi connectivity index (χ1) is 11.8. The number of aryl methyl sites for hydroxylation is 1. The zero-order chi connectivity index (χ0) is 18.4. The Morgan fingerprint density at radius 3 is 2.76 bits per heavy atom. The second-order valence-electron chi connectivity index (χ2n) is 5.42. The van der Waals surface area contributed by atoms with Crippen LogP contribution in [0.3, 0.4) is 0 Å². The summed E-state index contributed by atoms with van der Waals surface area (Å²) in [5.41, 5.74) is 6.49. The van der Waals surface area contributed by atoms with Crippen LogP contribution in [0.5, 0.6) is 0 Å². The average molecular weight is 361 g/mol. The molecule has 0 bridgehead atoms. The Bertz CT molecular complexity index is 788. The summed E-state index contributed by atoms with van der Waals surface area (Å²) in [6.45, 7) is 2.94. The Morgan fingerprint density at radius 1 is 1.36 bits per heavy atom.